The number of hydrogen-bond donors (Lipinski definition) is 2. The fourth-order valence-electron chi connectivity index (χ4n) is 5.40. The van der Waals surface area contributed by atoms with Gasteiger partial charge in [0.15, 0.2) is 0 Å². The van der Waals surface area contributed by atoms with Crippen LogP contribution in [0.2, 0.25) is 0 Å². The van der Waals surface area contributed by atoms with Gasteiger partial charge in [0.05, 0.1) is 24.5 Å². The van der Waals surface area contributed by atoms with Crippen LogP contribution in [0.5, 0.6) is 0 Å². The summed E-state index contributed by atoms with van der Waals surface area (Å²) >= 11 is 3.50. The molecule has 1 aromatic rings. The summed E-state index contributed by atoms with van der Waals surface area (Å²) in [5.41, 5.74) is -0.315. The van der Waals surface area contributed by atoms with E-state index in [1.54, 1.807) is 11.0 Å². The van der Waals surface area contributed by atoms with Crippen LogP contribution in [0.25, 0.3) is 0 Å². The highest BCUT2D eigenvalue weighted by Crippen LogP contribution is 2.60. The van der Waals surface area contributed by atoms with Gasteiger partial charge in [0.25, 0.3) is 0 Å². The third kappa shape index (κ3) is 3.39. The van der Waals surface area contributed by atoms with E-state index in [1.165, 1.54) is 4.90 Å². The summed E-state index contributed by atoms with van der Waals surface area (Å²) in [6.45, 7) is 3.93. The van der Waals surface area contributed by atoms with Gasteiger partial charge >= 0.3 is 5.97 Å². The Morgan fingerprint density at radius 1 is 1.35 bits per heavy atom. The van der Waals surface area contributed by atoms with Crippen molar-refractivity contribution in [3.8, 4) is 0 Å². The second kappa shape index (κ2) is 8.37. The number of aliphatic hydroxyl groups excluding tert-OH is 1. The largest absolute Gasteiger partial charge is 0.481 e. The van der Waals surface area contributed by atoms with Crippen molar-refractivity contribution in [2.45, 2.75) is 35.5 Å². The van der Waals surface area contributed by atoms with Gasteiger partial charge in [-0.1, -0.05) is 52.3 Å². The fraction of sp³-hybridized carbons (Fsp3) is 0.500. The number of alkyl halides is 1. The lowest BCUT2D eigenvalue weighted by Crippen LogP contribution is -2.56. The molecule has 2 bridgehead atoms. The Hall–Kier alpha value is -2.23. The molecule has 2 N–H and O–H groups in total. The number of aliphatic carboxylic acids is 1. The molecule has 3 fully saturated rings. The van der Waals surface area contributed by atoms with Gasteiger partial charge in [0.1, 0.15) is 11.6 Å². The summed E-state index contributed by atoms with van der Waals surface area (Å²) in [5.74, 6) is -3.88. The summed E-state index contributed by atoms with van der Waals surface area (Å²) < 4.78 is 6.18. The minimum atomic E-state index is -1.23. The van der Waals surface area contributed by atoms with E-state index in [1.807, 2.05) is 30.3 Å². The normalized spacial score (nSPS) is 33.4. The topological polar surface area (TPSA) is 107 Å². The Bertz CT molecular complexity index is 895. The molecule has 3 saturated heterocycles. The molecule has 0 aromatic heterocycles. The molecule has 4 rings (SSSR count). The van der Waals surface area contributed by atoms with Crippen molar-refractivity contribution >= 4 is 33.7 Å². The Kier molecular flexibility index (Phi) is 5.93. The van der Waals surface area contributed by atoms with Gasteiger partial charge in [-0.25, -0.2) is 0 Å². The van der Waals surface area contributed by atoms with Gasteiger partial charge < -0.3 is 24.7 Å². The van der Waals surface area contributed by atoms with E-state index in [9.17, 15) is 24.6 Å². The highest BCUT2D eigenvalue weighted by Gasteiger charge is 2.76. The lowest BCUT2D eigenvalue weighted by Gasteiger charge is -2.36. The summed E-state index contributed by atoms with van der Waals surface area (Å²) in [6.07, 6.45) is 1.28. The molecule has 2 amide bonds. The first-order chi connectivity index (χ1) is 14.9. The van der Waals surface area contributed by atoms with Crippen LogP contribution in [0.1, 0.15) is 12.0 Å². The monoisotopic (exact) mass is 492 g/mol. The van der Waals surface area contributed by atoms with Crippen LogP contribution in [0.4, 0.5) is 0 Å². The van der Waals surface area contributed by atoms with Gasteiger partial charge in [-0.05, 0) is 12.0 Å². The number of amides is 2. The van der Waals surface area contributed by atoms with Crippen LogP contribution >= 0.6 is 15.9 Å². The number of β-amino-alcohol motifs (C(OH)–C–C–N with tert-alkyl or cyclic N) is 1. The number of carboxylic acids is 1. The number of likely N-dealkylation sites (tertiary alicyclic amines) is 1. The highest BCUT2D eigenvalue weighted by molar-refractivity contribution is 9.09. The minimum Gasteiger partial charge on any atom is -0.481 e. The number of carboxylic acid groups (broad SMARTS) is 1. The lowest BCUT2D eigenvalue weighted by atomic mass is 9.70. The Morgan fingerprint density at radius 3 is 2.68 bits per heavy atom. The highest BCUT2D eigenvalue weighted by atomic mass is 79.9. The van der Waals surface area contributed by atoms with Gasteiger partial charge in [-0.3, -0.25) is 14.4 Å². The Balaban J connectivity index is 1.73. The zero-order chi connectivity index (χ0) is 22.3. The standard InChI is InChI=1S/C22H25BrN2O6/c1-2-8-24(12-13-6-4-3-5-7-13)20(28)18-22-11-14(23)17(31-22)15(21(29)30)16(22)19(27)25(18)9-10-26/h2-7,14-18,26H,1,8-12H2,(H,29,30)/t14?,15-,16-,17-,18?,22?/m0/s1. The average Bonchev–Trinajstić information content (AvgIpc) is 3.32. The third-order valence-electron chi connectivity index (χ3n) is 6.53. The van der Waals surface area contributed by atoms with Crippen LogP contribution in [0.3, 0.4) is 0 Å². The van der Waals surface area contributed by atoms with Crippen molar-refractivity contribution in [1.29, 1.82) is 0 Å². The first kappa shape index (κ1) is 22.0. The van der Waals surface area contributed by atoms with Crippen molar-refractivity contribution in [2.24, 2.45) is 11.8 Å². The smallest absolute Gasteiger partial charge is 0.310 e. The van der Waals surface area contributed by atoms with Crippen LogP contribution in [-0.2, 0) is 25.7 Å². The molecule has 0 saturated carbocycles. The molecule has 3 unspecified atom stereocenters. The number of aliphatic hydroxyl groups is 1. The molecule has 9 heteroatoms. The first-order valence-electron chi connectivity index (χ1n) is 10.3. The second-order valence-electron chi connectivity index (χ2n) is 8.25. The van der Waals surface area contributed by atoms with Crippen LogP contribution in [0.15, 0.2) is 43.0 Å². The molecule has 3 aliphatic rings. The van der Waals surface area contributed by atoms with E-state index in [0.29, 0.717) is 13.0 Å². The number of nitrogens with zero attached hydrogens (tertiary/aromatic N) is 2. The van der Waals surface area contributed by atoms with Crippen LogP contribution in [0, 0.1) is 11.8 Å². The van der Waals surface area contributed by atoms with Crippen LogP contribution < -0.4 is 0 Å². The number of benzene rings is 1. The molecule has 3 heterocycles. The van der Waals surface area contributed by atoms with E-state index in [4.69, 9.17) is 4.74 Å². The van der Waals surface area contributed by atoms with Crippen molar-refractivity contribution in [3.05, 3.63) is 48.6 Å². The summed E-state index contributed by atoms with van der Waals surface area (Å²) in [7, 11) is 0. The molecule has 3 aliphatic heterocycles. The van der Waals surface area contributed by atoms with E-state index >= 15 is 0 Å². The zero-order valence-corrected chi connectivity index (χ0v) is 18.5. The predicted molar refractivity (Wildman–Crippen MR) is 114 cm³/mol. The molecule has 0 radical (unpaired) electrons. The fourth-order valence-corrected chi connectivity index (χ4v) is 6.35. The van der Waals surface area contributed by atoms with Crippen molar-refractivity contribution in [2.75, 3.05) is 19.7 Å². The van der Waals surface area contributed by atoms with E-state index in [0.717, 1.165) is 5.56 Å². The third-order valence-corrected chi connectivity index (χ3v) is 7.37. The average molecular weight is 493 g/mol. The maximum Gasteiger partial charge on any atom is 0.310 e. The molecule has 1 aromatic carbocycles. The maximum atomic E-state index is 13.8. The molecule has 166 valence electrons. The maximum absolute atomic E-state index is 13.8. The number of rotatable bonds is 8. The zero-order valence-electron chi connectivity index (χ0n) is 16.9. The van der Waals surface area contributed by atoms with Crippen molar-refractivity contribution < 1.29 is 29.3 Å². The van der Waals surface area contributed by atoms with Gasteiger partial charge in [-0.2, -0.15) is 0 Å². The lowest BCUT2D eigenvalue weighted by molar-refractivity contribution is -0.151. The van der Waals surface area contributed by atoms with E-state index in [2.05, 4.69) is 22.5 Å². The molecular weight excluding hydrogens is 468 g/mol. The van der Waals surface area contributed by atoms with E-state index in [-0.39, 0.29) is 30.4 Å². The number of carbonyl (C=O) groups is 3. The Morgan fingerprint density at radius 2 is 2.06 bits per heavy atom. The van der Waals surface area contributed by atoms with Gasteiger partial charge in [-0.15, -0.1) is 6.58 Å². The van der Waals surface area contributed by atoms with Crippen molar-refractivity contribution in [3.63, 3.8) is 0 Å². The Labute approximate surface area is 188 Å². The summed E-state index contributed by atoms with van der Waals surface area (Å²) in [6, 6.07) is 8.46. The number of halogens is 1. The molecule has 8 nitrogen and oxygen atoms in total. The molecule has 1 spiro atoms. The van der Waals surface area contributed by atoms with E-state index < -0.39 is 41.5 Å². The molecule has 0 aliphatic carbocycles. The minimum absolute atomic E-state index is 0.0614. The molecular formula is C22H25BrN2O6. The number of hydrogen-bond acceptors (Lipinski definition) is 5. The predicted octanol–water partition coefficient (Wildman–Crippen LogP) is 1.03. The number of ether oxygens (including phenoxy) is 1. The van der Waals surface area contributed by atoms with Crippen LogP contribution in [-0.4, -0.2) is 80.1 Å². The molecule has 31 heavy (non-hydrogen) atoms. The second-order valence-corrected chi connectivity index (χ2v) is 9.43. The number of fused-ring (bicyclic) bond motifs is 1. The first-order valence-corrected chi connectivity index (χ1v) is 11.2. The van der Waals surface area contributed by atoms with Gasteiger partial charge in [0, 0.05) is 24.5 Å². The number of carbonyl (C=O) groups excluding carboxylic acids is 2. The summed E-state index contributed by atoms with van der Waals surface area (Å²) in [4.78, 5) is 41.8. The SMILES string of the molecule is C=CCN(Cc1ccccc1)C(=O)C1N(CCO)C(=O)[C@@H]2[C@H](C(=O)O)[C@H]3OC12CC3Br. The molecule has 6 atom stereocenters. The van der Waals surface area contributed by atoms with Gasteiger partial charge in [0.2, 0.25) is 11.8 Å². The summed E-state index contributed by atoms with van der Waals surface area (Å²) in [5, 5.41) is 19.4. The van der Waals surface area contributed by atoms with Crippen molar-refractivity contribution in [1.82, 2.24) is 9.80 Å². The quantitative estimate of drug-likeness (QED) is 0.414.